The van der Waals surface area contributed by atoms with Crippen molar-refractivity contribution in [3.05, 3.63) is 64.2 Å². The van der Waals surface area contributed by atoms with Crippen molar-refractivity contribution in [1.29, 1.82) is 0 Å². The molecule has 1 heterocycles. The van der Waals surface area contributed by atoms with Gasteiger partial charge in [0.15, 0.2) is 0 Å². The lowest BCUT2D eigenvalue weighted by Gasteiger charge is -2.47. The van der Waals surface area contributed by atoms with Crippen LogP contribution in [-0.2, 0) is 17.6 Å². The average molecular weight is 366 g/mol. The van der Waals surface area contributed by atoms with Crippen LogP contribution in [0.3, 0.4) is 0 Å². The Morgan fingerprint density at radius 3 is 2.63 bits per heavy atom. The van der Waals surface area contributed by atoms with Gasteiger partial charge in [0.1, 0.15) is 5.75 Å². The third-order valence-electron chi connectivity index (χ3n) is 6.00. The van der Waals surface area contributed by atoms with E-state index in [0.717, 1.165) is 38.8 Å². The van der Waals surface area contributed by atoms with Crippen LogP contribution in [0.4, 0.5) is 0 Å². The lowest BCUT2D eigenvalue weighted by molar-refractivity contribution is -0.127. The number of hydrogen-bond donors (Lipinski definition) is 1. The van der Waals surface area contributed by atoms with Crippen LogP contribution >= 0.6 is 0 Å². The summed E-state index contributed by atoms with van der Waals surface area (Å²) in [6.45, 7) is 8.69. The Bertz CT molecular complexity index is 796. The number of nitrogens with zero attached hydrogens (tertiary/aromatic N) is 1. The molecule has 4 rings (SSSR count). The summed E-state index contributed by atoms with van der Waals surface area (Å²) in [6.07, 6.45) is 4.57. The van der Waals surface area contributed by atoms with E-state index >= 15 is 0 Å². The van der Waals surface area contributed by atoms with Crippen molar-refractivity contribution in [2.24, 2.45) is 0 Å². The predicted molar refractivity (Wildman–Crippen MR) is 109 cm³/mol. The second kappa shape index (κ2) is 7.65. The van der Waals surface area contributed by atoms with Crippen molar-refractivity contribution in [2.75, 3.05) is 13.1 Å². The molecule has 1 aliphatic carbocycles. The van der Waals surface area contributed by atoms with E-state index in [9.17, 15) is 5.11 Å². The van der Waals surface area contributed by atoms with E-state index in [0.29, 0.717) is 11.8 Å². The number of benzene rings is 2. The second-order valence-electron chi connectivity index (χ2n) is 8.36. The van der Waals surface area contributed by atoms with Gasteiger partial charge in [-0.15, -0.1) is 0 Å². The van der Waals surface area contributed by atoms with Crippen molar-refractivity contribution in [1.82, 2.24) is 4.90 Å². The van der Waals surface area contributed by atoms with Crippen LogP contribution in [-0.4, -0.2) is 35.2 Å². The van der Waals surface area contributed by atoms with Crippen LogP contribution in [0, 0.1) is 13.8 Å². The molecular weight excluding hydrogens is 334 g/mol. The van der Waals surface area contributed by atoms with E-state index < -0.39 is 0 Å². The zero-order chi connectivity index (χ0) is 19.0. The molecule has 27 heavy (non-hydrogen) atoms. The summed E-state index contributed by atoms with van der Waals surface area (Å²) >= 11 is 0. The van der Waals surface area contributed by atoms with Gasteiger partial charge in [-0.3, -0.25) is 4.90 Å². The number of fused-ring (bicyclic) bond motifs is 3. The van der Waals surface area contributed by atoms with Gasteiger partial charge < -0.3 is 9.84 Å². The van der Waals surface area contributed by atoms with Crippen molar-refractivity contribution >= 4 is 0 Å². The lowest BCUT2D eigenvalue weighted by Crippen LogP contribution is -2.53. The molecule has 0 aromatic heterocycles. The summed E-state index contributed by atoms with van der Waals surface area (Å²) < 4.78 is 6.68. The first-order valence-corrected chi connectivity index (χ1v) is 10.3. The molecule has 1 fully saturated rings. The van der Waals surface area contributed by atoms with E-state index in [1.807, 2.05) is 6.07 Å². The Kier molecular flexibility index (Phi) is 5.25. The van der Waals surface area contributed by atoms with Gasteiger partial charge >= 0.3 is 0 Å². The minimum absolute atomic E-state index is 0.0667. The fourth-order valence-corrected chi connectivity index (χ4v) is 5.03. The summed E-state index contributed by atoms with van der Waals surface area (Å²) in [7, 11) is 0. The molecule has 0 bridgehead atoms. The van der Waals surface area contributed by atoms with Crippen LogP contribution in [0.1, 0.15) is 53.7 Å². The van der Waals surface area contributed by atoms with E-state index in [1.54, 1.807) is 6.07 Å². The molecule has 2 aromatic carbocycles. The largest absolute Gasteiger partial charge is 0.508 e. The van der Waals surface area contributed by atoms with Crippen molar-refractivity contribution in [3.8, 4) is 5.75 Å². The van der Waals surface area contributed by atoms with E-state index in [4.69, 9.17) is 4.74 Å². The van der Waals surface area contributed by atoms with Crippen LogP contribution in [0.5, 0.6) is 5.75 Å². The molecule has 144 valence electrons. The maximum absolute atomic E-state index is 10.0. The Labute approximate surface area is 163 Å². The molecule has 0 saturated carbocycles. The molecule has 3 heteroatoms. The molecule has 1 aliphatic heterocycles. The zero-order valence-corrected chi connectivity index (χ0v) is 16.7. The highest BCUT2D eigenvalue weighted by molar-refractivity contribution is 5.39. The first kappa shape index (κ1) is 18.5. The molecule has 3 unspecified atom stereocenters. The lowest BCUT2D eigenvalue weighted by atomic mass is 9.83. The van der Waals surface area contributed by atoms with Gasteiger partial charge in [-0.25, -0.2) is 0 Å². The molecule has 3 nitrogen and oxygen atoms in total. The zero-order valence-electron chi connectivity index (χ0n) is 16.7. The van der Waals surface area contributed by atoms with Gasteiger partial charge in [-0.2, -0.15) is 0 Å². The number of aryl methyl sites for hydroxylation is 3. The molecule has 1 N–H and O–H groups in total. The minimum Gasteiger partial charge on any atom is -0.508 e. The van der Waals surface area contributed by atoms with Gasteiger partial charge in [0.05, 0.1) is 12.2 Å². The first-order valence-electron chi connectivity index (χ1n) is 10.3. The fraction of sp³-hybridized carbons (Fsp3) is 0.500. The number of hydrogen-bond acceptors (Lipinski definition) is 3. The fourth-order valence-electron chi connectivity index (χ4n) is 5.03. The molecule has 0 radical (unpaired) electrons. The van der Waals surface area contributed by atoms with Crippen molar-refractivity contribution < 1.29 is 9.84 Å². The Morgan fingerprint density at radius 1 is 1.11 bits per heavy atom. The molecular formula is C24H31NO2. The van der Waals surface area contributed by atoms with Crippen molar-refractivity contribution in [3.63, 3.8) is 0 Å². The number of morpholine rings is 1. The summed E-state index contributed by atoms with van der Waals surface area (Å²) in [5.74, 6) is 0.344. The highest BCUT2D eigenvalue weighted by Gasteiger charge is 2.40. The number of phenols is 1. The van der Waals surface area contributed by atoms with Gasteiger partial charge in [0.2, 0.25) is 0 Å². The summed E-state index contributed by atoms with van der Waals surface area (Å²) in [5.41, 5.74) is 6.52. The number of ether oxygens (including phenoxy) is 1. The SMILES string of the molecule is CCCN1CC(Cc2cc(C)cc(C)c2)OC2c3cc(O)ccc3CCC21. The first-order chi connectivity index (χ1) is 13.0. The van der Waals surface area contributed by atoms with Gasteiger partial charge in [0, 0.05) is 12.6 Å². The molecule has 1 saturated heterocycles. The Morgan fingerprint density at radius 2 is 1.89 bits per heavy atom. The van der Waals surface area contributed by atoms with Crippen LogP contribution in [0.2, 0.25) is 0 Å². The topological polar surface area (TPSA) is 32.7 Å². The van der Waals surface area contributed by atoms with Crippen molar-refractivity contribution in [2.45, 2.75) is 64.7 Å². The molecule has 2 aromatic rings. The van der Waals surface area contributed by atoms with E-state index in [2.05, 4.69) is 49.9 Å². The summed E-state index contributed by atoms with van der Waals surface area (Å²) in [4.78, 5) is 2.63. The van der Waals surface area contributed by atoms with E-state index in [-0.39, 0.29) is 12.2 Å². The summed E-state index contributed by atoms with van der Waals surface area (Å²) in [5, 5.41) is 10.0. The second-order valence-corrected chi connectivity index (χ2v) is 8.36. The van der Waals surface area contributed by atoms with Crippen LogP contribution < -0.4 is 0 Å². The Hall–Kier alpha value is -1.84. The summed E-state index contributed by atoms with van der Waals surface area (Å²) in [6, 6.07) is 13.0. The van der Waals surface area contributed by atoms with Crippen LogP contribution in [0.15, 0.2) is 36.4 Å². The number of phenolic OH excluding ortho intramolecular Hbond substituents is 1. The van der Waals surface area contributed by atoms with Crippen LogP contribution in [0.25, 0.3) is 0 Å². The average Bonchev–Trinajstić information content (AvgIpc) is 2.61. The highest BCUT2D eigenvalue weighted by atomic mass is 16.5. The predicted octanol–water partition coefficient (Wildman–Crippen LogP) is 4.72. The third-order valence-corrected chi connectivity index (χ3v) is 6.00. The molecule has 2 aliphatic rings. The molecule has 0 amide bonds. The van der Waals surface area contributed by atoms with Gasteiger partial charge in [-0.05, 0) is 74.9 Å². The van der Waals surface area contributed by atoms with Gasteiger partial charge in [-0.1, -0.05) is 42.3 Å². The normalized spacial score (nSPS) is 25.1. The monoisotopic (exact) mass is 365 g/mol. The van der Waals surface area contributed by atoms with Gasteiger partial charge in [0.25, 0.3) is 0 Å². The quantitative estimate of drug-likeness (QED) is 0.851. The maximum Gasteiger partial charge on any atom is 0.115 e. The third kappa shape index (κ3) is 3.90. The highest BCUT2D eigenvalue weighted by Crippen LogP contribution is 2.41. The molecule has 3 atom stereocenters. The molecule has 0 spiro atoms. The maximum atomic E-state index is 10.0. The minimum atomic E-state index is 0.0667. The Balaban J connectivity index is 1.62. The van der Waals surface area contributed by atoms with E-state index in [1.165, 1.54) is 27.8 Å². The number of aromatic hydroxyl groups is 1. The number of rotatable bonds is 4. The smallest absolute Gasteiger partial charge is 0.115 e. The standard InChI is InChI=1S/C24H31NO2/c1-4-9-25-15-21(13-18-11-16(2)10-17(3)12-18)27-24-22-14-20(26)7-5-19(22)6-8-23(24)25/h5,7,10-12,14,21,23-24,26H,4,6,8-9,13,15H2,1-3H3.